The molecule has 0 atom stereocenters. The number of hydrogen-bond acceptors (Lipinski definition) is 8. The Morgan fingerprint density at radius 1 is 0.829 bits per heavy atom. The smallest absolute Gasteiger partial charge is 0.492 e. The van der Waals surface area contributed by atoms with Crippen LogP contribution in [-0.4, -0.2) is 58.8 Å². The van der Waals surface area contributed by atoms with Gasteiger partial charge in [0.05, 0.1) is 16.6 Å². The number of carbonyl (C=O) groups is 2. The van der Waals surface area contributed by atoms with E-state index in [0.29, 0.717) is 44.4 Å². The second-order valence-corrected chi connectivity index (χ2v) is 13.2. The van der Waals surface area contributed by atoms with Crippen molar-refractivity contribution in [1.82, 2.24) is 10.3 Å². The van der Waals surface area contributed by atoms with Crippen LogP contribution < -0.4 is 10.1 Å². The van der Waals surface area contributed by atoms with Crippen LogP contribution in [0, 0.1) is 0 Å². The first-order valence-electron chi connectivity index (χ1n) is 15.0. The number of hydrogen-bond donors (Lipinski definition) is 1. The molecule has 0 aliphatic heterocycles. The first-order chi connectivity index (χ1) is 19.9. The van der Waals surface area contributed by atoms with Crippen molar-refractivity contribution in [2.45, 2.75) is 91.5 Å². The van der Waals surface area contributed by atoms with E-state index in [0.717, 1.165) is 28.5 Å². The summed E-state index contributed by atoms with van der Waals surface area (Å²) in [6.45, 7) is 10.3. The van der Waals surface area contributed by atoms with Crippen molar-refractivity contribution in [3.63, 3.8) is 0 Å². The summed E-state index contributed by atoms with van der Waals surface area (Å²) in [4.78, 5) is 29.2. The topological polar surface area (TPSA) is 105 Å². The third kappa shape index (κ3) is 12.4. The molecule has 2 aromatic rings. The Morgan fingerprint density at radius 3 is 2.10 bits per heavy atom. The third-order valence-corrected chi connectivity index (χ3v) is 10.4. The molecule has 11 heteroatoms. The highest BCUT2D eigenvalue weighted by molar-refractivity contribution is 9.10. The Morgan fingerprint density at radius 2 is 1.46 bits per heavy atom. The first kappa shape index (κ1) is 35.1. The van der Waals surface area contributed by atoms with Crippen LogP contribution in [0.5, 0.6) is 5.75 Å². The molecule has 1 N–H and O–H groups in total. The number of alkyl carbamates (subject to hydrolysis) is 1. The largest absolute Gasteiger partial charge is 0.500 e. The molecule has 41 heavy (non-hydrogen) atoms. The minimum absolute atomic E-state index is 0.0441. The van der Waals surface area contributed by atoms with Crippen LogP contribution in [0.2, 0.25) is 6.04 Å². The van der Waals surface area contributed by atoms with Gasteiger partial charge in [0.15, 0.2) is 0 Å². The van der Waals surface area contributed by atoms with E-state index < -0.39 is 20.9 Å². The van der Waals surface area contributed by atoms with Gasteiger partial charge in [0.2, 0.25) is 0 Å². The second-order valence-electron chi connectivity index (χ2n) is 9.65. The molecule has 0 radical (unpaired) electrons. The van der Waals surface area contributed by atoms with Crippen molar-refractivity contribution in [3.05, 3.63) is 34.4 Å². The van der Waals surface area contributed by atoms with Crippen LogP contribution in [-0.2, 0) is 18.0 Å². The van der Waals surface area contributed by atoms with Crippen molar-refractivity contribution >= 4 is 47.7 Å². The van der Waals surface area contributed by atoms with Gasteiger partial charge in [-0.3, -0.25) is 0 Å². The minimum atomic E-state index is -2.79. The van der Waals surface area contributed by atoms with Gasteiger partial charge < -0.3 is 28.1 Å². The zero-order valence-electron chi connectivity index (χ0n) is 25.1. The Balaban J connectivity index is 1.82. The van der Waals surface area contributed by atoms with Gasteiger partial charge in [0, 0.05) is 37.8 Å². The van der Waals surface area contributed by atoms with E-state index in [9.17, 15) is 9.59 Å². The number of fused-ring (bicyclic) bond motifs is 1. The molecule has 0 aliphatic rings. The fourth-order valence-corrected chi connectivity index (χ4v) is 7.65. The fraction of sp³-hybridized carbons (Fsp3) is 0.633. The summed E-state index contributed by atoms with van der Waals surface area (Å²) in [5, 5.41) is 3.41. The quantitative estimate of drug-likeness (QED) is 0.0628. The van der Waals surface area contributed by atoms with E-state index in [4.69, 9.17) is 22.8 Å². The number of carbonyl (C=O) groups excluding carboxylic acids is 2. The normalized spacial score (nSPS) is 11.5. The van der Waals surface area contributed by atoms with E-state index in [-0.39, 0.29) is 12.2 Å². The lowest BCUT2D eigenvalue weighted by Crippen LogP contribution is -2.46. The molecule has 230 valence electrons. The van der Waals surface area contributed by atoms with Crippen LogP contribution in [0.15, 0.2) is 28.7 Å². The molecule has 0 unspecified atom stereocenters. The predicted molar refractivity (Wildman–Crippen MR) is 166 cm³/mol. The highest BCUT2D eigenvalue weighted by Crippen LogP contribution is 2.33. The number of ether oxygens (including phenoxy) is 2. The standard InChI is InChI=1S/C30H47BrN2O7Si/c1-5-9-10-11-12-13-14-15-22-36-27-20-19-25-24(28(27)31)17-18-26(33-25)29(34)40-30(35)32-21-16-23-41(37-6-2,38-7-3)39-8-4/h17-20H,5-16,21-23H2,1-4H3,(H,32,35). The first-order valence-corrected chi connectivity index (χ1v) is 17.8. The molecular formula is C30H47BrN2O7Si. The molecule has 2 rings (SSSR count). The number of esters is 1. The average Bonchev–Trinajstić information content (AvgIpc) is 2.96. The van der Waals surface area contributed by atoms with Gasteiger partial charge in [0.25, 0.3) is 0 Å². The maximum absolute atomic E-state index is 12.6. The van der Waals surface area contributed by atoms with Crippen LogP contribution in [0.25, 0.3) is 10.9 Å². The zero-order valence-corrected chi connectivity index (χ0v) is 27.7. The lowest BCUT2D eigenvalue weighted by molar-refractivity contribution is 0.0610. The Labute approximate surface area is 254 Å². The highest BCUT2D eigenvalue weighted by atomic mass is 79.9. The molecule has 0 saturated heterocycles. The molecule has 1 heterocycles. The molecule has 1 aromatic heterocycles. The lowest BCUT2D eigenvalue weighted by Gasteiger charge is -2.28. The summed E-state index contributed by atoms with van der Waals surface area (Å²) in [6.07, 6.45) is 9.68. The summed E-state index contributed by atoms with van der Waals surface area (Å²) in [5.41, 5.74) is 0.637. The van der Waals surface area contributed by atoms with Gasteiger partial charge in [-0.05, 0) is 73.8 Å². The van der Waals surface area contributed by atoms with Gasteiger partial charge in [-0.2, -0.15) is 0 Å². The monoisotopic (exact) mass is 654 g/mol. The molecule has 9 nitrogen and oxygen atoms in total. The zero-order chi connectivity index (χ0) is 29.9. The Hall–Kier alpha value is -2.05. The van der Waals surface area contributed by atoms with Crippen molar-refractivity contribution in [3.8, 4) is 5.75 Å². The molecule has 0 spiro atoms. The van der Waals surface area contributed by atoms with E-state index in [2.05, 4.69) is 33.2 Å². The third-order valence-electron chi connectivity index (χ3n) is 6.44. The predicted octanol–water partition coefficient (Wildman–Crippen LogP) is 7.82. The van der Waals surface area contributed by atoms with Crippen molar-refractivity contribution in [2.24, 2.45) is 0 Å². The maximum Gasteiger partial charge on any atom is 0.500 e. The lowest BCUT2D eigenvalue weighted by atomic mass is 10.1. The number of amides is 1. The van der Waals surface area contributed by atoms with Gasteiger partial charge >= 0.3 is 20.9 Å². The number of pyridine rings is 1. The highest BCUT2D eigenvalue weighted by Gasteiger charge is 2.39. The molecule has 0 bridgehead atoms. The van der Waals surface area contributed by atoms with Gasteiger partial charge in [-0.15, -0.1) is 0 Å². The molecule has 1 amide bonds. The van der Waals surface area contributed by atoms with E-state index in [1.54, 1.807) is 12.1 Å². The summed E-state index contributed by atoms with van der Waals surface area (Å²) < 4.78 is 29.2. The van der Waals surface area contributed by atoms with Gasteiger partial charge in [-0.25, -0.2) is 14.6 Å². The number of rotatable bonds is 21. The summed E-state index contributed by atoms with van der Waals surface area (Å²) >= 11 is 3.61. The van der Waals surface area contributed by atoms with Crippen LogP contribution in [0.1, 0.15) is 96.0 Å². The molecule has 0 aliphatic carbocycles. The van der Waals surface area contributed by atoms with Gasteiger partial charge in [0.1, 0.15) is 11.4 Å². The number of unbranched alkanes of at least 4 members (excludes halogenated alkanes) is 7. The number of aromatic nitrogens is 1. The maximum atomic E-state index is 12.6. The Bertz CT molecular complexity index is 1060. The average molecular weight is 656 g/mol. The van der Waals surface area contributed by atoms with Crippen LogP contribution in [0.3, 0.4) is 0 Å². The second kappa shape index (κ2) is 20.0. The molecule has 1 aromatic carbocycles. The van der Waals surface area contributed by atoms with Crippen molar-refractivity contribution in [1.29, 1.82) is 0 Å². The number of benzene rings is 1. The van der Waals surface area contributed by atoms with Crippen molar-refractivity contribution < 1.29 is 32.3 Å². The Kier molecular flexibility index (Phi) is 17.1. The molecule has 0 saturated carbocycles. The SMILES string of the molecule is CCCCCCCCCCOc1ccc2nc(C(=O)OC(=O)NCCC[Si](OCC)(OCC)OCC)ccc2c1Br. The van der Waals surface area contributed by atoms with E-state index >= 15 is 0 Å². The van der Waals surface area contributed by atoms with E-state index in [1.165, 1.54) is 44.6 Å². The van der Waals surface area contributed by atoms with Crippen LogP contribution >= 0.6 is 15.9 Å². The van der Waals surface area contributed by atoms with Gasteiger partial charge in [-0.1, -0.05) is 51.9 Å². The van der Waals surface area contributed by atoms with E-state index in [1.807, 2.05) is 26.8 Å². The summed E-state index contributed by atoms with van der Waals surface area (Å²) in [6, 6.07) is 7.48. The number of nitrogens with zero attached hydrogens (tertiary/aromatic N) is 1. The summed E-state index contributed by atoms with van der Waals surface area (Å²) in [5.74, 6) is -0.0840. The van der Waals surface area contributed by atoms with Crippen LogP contribution in [0.4, 0.5) is 4.79 Å². The number of halogens is 1. The molecular weight excluding hydrogens is 608 g/mol. The fourth-order valence-electron chi connectivity index (χ4n) is 4.46. The molecule has 0 fully saturated rings. The van der Waals surface area contributed by atoms with Crippen molar-refractivity contribution in [2.75, 3.05) is 33.0 Å². The number of nitrogens with one attached hydrogen (secondary N) is 1. The minimum Gasteiger partial charge on any atom is -0.492 e. The summed E-state index contributed by atoms with van der Waals surface area (Å²) in [7, 11) is -2.79.